The number of carbonyl (C=O) groups is 1. The number of nitrogen functional groups attached to an aromatic ring is 1. The van der Waals surface area contributed by atoms with Crippen LogP contribution in [0.15, 0.2) is 36.4 Å². The van der Waals surface area contributed by atoms with E-state index in [2.05, 4.69) is 0 Å². The molecule has 0 aliphatic carbocycles. The summed E-state index contributed by atoms with van der Waals surface area (Å²) < 4.78 is 0. The van der Waals surface area contributed by atoms with Crippen LogP contribution >= 0.6 is 11.6 Å². The van der Waals surface area contributed by atoms with Gasteiger partial charge in [0.25, 0.3) is 0 Å². The molecule has 0 aliphatic heterocycles. The molecule has 2 aromatic rings. The van der Waals surface area contributed by atoms with Gasteiger partial charge in [0, 0.05) is 16.3 Å². The molecule has 0 amide bonds. The fraction of sp³-hybridized carbons (Fsp3) is 0.0714. The third-order valence-electron chi connectivity index (χ3n) is 2.72. The molecule has 3 nitrogen and oxygen atoms in total. The molecule has 0 saturated heterocycles. The summed E-state index contributed by atoms with van der Waals surface area (Å²) in [4.78, 5) is 11.0. The van der Waals surface area contributed by atoms with Crippen LogP contribution in [-0.2, 0) is 0 Å². The average Bonchev–Trinajstić information content (AvgIpc) is 2.30. The number of benzene rings is 2. The van der Waals surface area contributed by atoms with Gasteiger partial charge in [-0.3, -0.25) is 0 Å². The van der Waals surface area contributed by atoms with Crippen molar-refractivity contribution in [2.75, 3.05) is 5.73 Å². The molecule has 0 aromatic heterocycles. The molecule has 0 aliphatic rings. The van der Waals surface area contributed by atoms with E-state index in [9.17, 15) is 4.79 Å². The van der Waals surface area contributed by atoms with Gasteiger partial charge in [-0.1, -0.05) is 29.8 Å². The summed E-state index contributed by atoms with van der Waals surface area (Å²) in [7, 11) is 0. The molecule has 3 N–H and O–H groups in total. The summed E-state index contributed by atoms with van der Waals surface area (Å²) in [6.07, 6.45) is 0. The highest BCUT2D eigenvalue weighted by atomic mass is 35.5. The zero-order chi connectivity index (χ0) is 13.3. The summed E-state index contributed by atoms with van der Waals surface area (Å²) >= 11 is 6.16. The molecular formula is C14H12ClNO2. The van der Waals surface area contributed by atoms with Crippen LogP contribution in [0.2, 0.25) is 5.02 Å². The van der Waals surface area contributed by atoms with E-state index in [0.29, 0.717) is 5.02 Å². The van der Waals surface area contributed by atoms with Crippen molar-refractivity contribution in [1.29, 1.82) is 0 Å². The maximum absolute atomic E-state index is 11.0. The molecule has 92 valence electrons. The van der Waals surface area contributed by atoms with Crippen LogP contribution in [-0.4, -0.2) is 11.1 Å². The number of hydrogen-bond acceptors (Lipinski definition) is 2. The van der Waals surface area contributed by atoms with Crippen LogP contribution < -0.4 is 5.73 Å². The molecule has 0 fully saturated rings. The van der Waals surface area contributed by atoms with Crippen molar-refractivity contribution in [2.45, 2.75) is 6.92 Å². The first-order chi connectivity index (χ1) is 8.49. The van der Waals surface area contributed by atoms with Crippen molar-refractivity contribution < 1.29 is 9.90 Å². The predicted molar refractivity (Wildman–Crippen MR) is 73.0 cm³/mol. The Morgan fingerprint density at radius 2 is 1.94 bits per heavy atom. The van der Waals surface area contributed by atoms with Gasteiger partial charge >= 0.3 is 5.97 Å². The highest BCUT2D eigenvalue weighted by Crippen LogP contribution is 2.30. The first-order valence-corrected chi connectivity index (χ1v) is 5.76. The van der Waals surface area contributed by atoms with E-state index < -0.39 is 5.97 Å². The van der Waals surface area contributed by atoms with Gasteiger partial charge < -0.3 is 10.8 Å². The average molecular weight is 262 g/mol. The van der Waals surface area contributed by atoms with Crippen LogP contribution in [0.1, 0.15) is 15.9 Å². The Morgan fingerprint density at radius 1 is 1.22 bits per heavy atom. The molecule has 0 spiro atoms. The SMILES string of the molecule is Cc1ccc(-c2ccc(N)c(C(=O)O)c2)c(Cl)c1. The van der Waals surface area contributed by atoms with E-state index in [1.54, 1.807) is 12.1 Å². The van der Waals surface area contributed by atoms with Crippen LogP contribution in [0.4, 0.5) is 5.69 Å². The number of carboxylic acids is 1. The molecule has 2 aromatic carbocycles. The van der Waals surface area contributed by atoms with E-state index >= 15 is 0 Å². The second-order valence-corrected chi connectivity index (χ2v) is 4.50. The second kappa shape index (κ2) is 4.70. The van der Waals surface area contributed by atoms with Crippen LogP contribution in [0.5, 0.6) is 0 Å². The fourth-order valence-electron chi connectivity index (χ4n) is 1.76. The van der Waals surface area contributed by atoms with Crippen molar-refractivity contribution in [3.05, 3.63) is 52.5 Å². The van der Waals surface area contributed by atoms with E-state index in [4.69, 9.17) is 22.4 Å². The highest BCUT2D eigenvalue weighted by molar-refractivity contribution is 6.33. The van der Waals surface area contributed by atoms with Gasteiger partial charge in [0.15, 0.2) is 0 Å². The van der Waals surface area contributed by atoms with E-state index in [0.717, 1.165) is 16.7 Å². The smallest absolute Gasteiger partial charge is 0.337 e. The molecule has 0 saturated carbocycles. The van der Waals surface area contributed by atoms with Gasteiger partial charge in [-0.25, -0.2) is 4.79 Å². The van der Waals surface area contributed by atoms with Crippen LogP contribution in [0.25, 0.3) is 11.1 Å². The number of halogens is 1. The lowest BCUT2D eigenvalue weighted by Gasteiger charge is -2.08. The number of aryl methyl sites for hydroxylation is 1. The molecule has 4 heteroatoms. The molecular weight excluding hydrogens is 250 g/mol. The Hall–Kier alpha value is -2.00. The van der Waals surface area contributed by atoms with Gasteiger partial charge in [-0.2, -0.15) is 0 Å². The normalized spacial score (nSPS) is 10.3. The quantitative estimate of drug-likeness (QED) is 0.812. The van der Waals surface area contributed by atoms with Crippen molar-refractivity contribution in [1.82, 2.24) is 0 Å². The zero-order valence-corrected chi connectivity index (χ0v) is 10.5. The maximum atomic E-state index is 11.0. The summed E-state index contributed by atoms with van der Waals surface area (Å²) in [5, 5.41) is 9.63. The minimum absolute atomic E-state index is 0.0872. The third kappa shape index (κ3) is 2.31. The number of nitrogens with two attached hydrogens (primary N) is 1. The monoisotopic (exact) mass is 261 g/mol. The Bertz CT molecular complexity index is 623. The number of anilines is 1. The van der Waals surface area contributed by atoms with E-state index in [1.165, 1.54) is 6.07 Å². The van der Waals surface area contributed by atoms with Crippen molar-refractivity contribution in [3.63, 3.8) is 0 Å². The summed E-state index contributed by atoms with van der Waals surface area (Å²) in [6, 6.07) is 10.5. The molecule has 0 heterocycles. The second-order valence-electron chi connectivity index (χ2n) is 4.09. The van der Waals surface area contributed by atoms with Gasteiger partial charge in [0.2, 0.25) is 0 Å². The Labute approximate surface area is 110 Å². The fourth-order valence-corrected chi connectivity index (χ4v) is 2.11. The van der Waals surface area contributed by atoms with Gasteiger partial charge in [-0.15, -0.1) is 0 Å². The highest BCUT2D eigenvalue weighted by Gasteiger charge is 2.11. The minimum Gasteiger partial charge on any atom is -0.478 e. The van der Waals surface area contributed by atoms with Crippen molar-refractivity contribution in [3.8, 4) is 11.1 Å². The lowest BCUT2D eigenvalue weighted by Crippen LogP contribution is -2.02. The number of aromatic carboxylic acids is 1. The summed E-state index contributed by atoms with van der Waals surface area (Å²) in [6.45, 7) is 1.95. The maximum Gasteiger partial charge on any atom is 0.337 e. The third-order valence-corrected chi connectivity index (χ3v) is 3.03. The summed E-state index contributed by atoms with van der Waals surface area (Å²) in [5.41, 5.74) is 8.54. The molecule has 0 atom stereocenters. The molecule has 0 unspecified atom stereocenters. The zero-order valence-electron chi connectivity index (χ0n) is 9.77. The standard InChI is InChI=1S/C14H12ClNO2/c1-8-2-4-10(12(15)6-8)9-3-5-13(16)11(7-9)14(17)18/h2-7H,16H2,1H3,(H,17,18). The first-order valence-electron chi connectivity index (χ1n) is 5.38. The molecule has 2 rings (SSSR count). The molecule has 18 heavy (non-hydrogen) atoms. The lowest BCUT2D eigenvalue weighted by molar-refractivity contribution is 0.0698. The Kier molecular flexibility index (Phi) is 3.26. The first kappa shape index (κ1) is 12.5. The number of hydrogen-bond donors (Lipinski definition) is 2. The Morgan fingerprint density at radius 3 is 2.56 bits per heavy atom. The van der Waals surface area contributed by atoms with Gasteiger partial charge in [0.05, 0.1) is 5.56 Å². The van der Waals surface area contributed by atoms with Crippen molar-refractivity contribution >= 4 is 23.3 Å². The molecule has 0 bridgehead atoms. The predicted octanol–water partition coefficient (Wildman–Crippen LogP) is 3.60. The van der Waals surface area contributed by atoms with E-state index in [1.807, 2.05) is 25.1 Å². The largest absolute Gasteiger partial charge is 0.478 e. The van der Waals surface area contributed by atoms with Gasteiger partial charge in [0.1, 0.15) is 0 Å². The topological polar surface area (TPSA) is 63.3 Å². The van der Waals surface area contributed by atoms with Crippen LogP contribution in [0.3, 0.4) is 0 Å². The van der Waals surface area contributed by atoms with Crippen molar-refractivity contribution in [2.24, 2.45) is 0 Å². The Balaban J connectivity index is 2.58. The molecule has 0 radical (unpaired) electrons. The van der Waals surface area contributed by atoms with E-state index in [-0.39, 0.29) is 11.3 Å². The summed E-state index contributed by atoms with van der Waals surface area (Å²) in [5.74, 6) is -1.04. The minimum atomic E-state index is -1.04. The van der Waals surface area contributed by atoms with Crippen LogP contribution in [0, 0.1) is 6.92 Å². The number of rotatable bonds is 2. The number of carboxylic acid groups (broad SMARTS) is 1. The lowest BCUT2D eigenvalue weighted by atomic mass is 10.0. The van der Waals surface area contributed by atoms with Gasteiger partial charge in [-0.05, 0) is 36.2 Å².